The molecule has 0 aliphatic rings. The summed E-state index contributed by atoms with van der Waals surface area (Å²) in [5, 5.41) is 42.3. The molecular formula is C9H6Cl3N3O7. The fourth-order valence-electron chi connectivity index (χ4n) is 1.58. The van der Waals surface area contributed by atoms with Gasteiger partial charge in [0.25, 0.3) is 17.1 Å². The number of halogens is 3. The van der Waals surface area contributed by atoms with Gasteiger partial charge >= 0.3 is 0 Å². The summed E-state index contributed by atoms with van der Waals surface area (Å²) in [7, 11) is 0. The SMILES string of the molecule is O=[N+]([O-])c1cc([N+](=O)[O-])c(CC(O)C(Cl)(Cl)Cl)c([N+](=O)[O-])c1. The van der Waals surface area contributed by atoms with Crippen molar-refractivity contribution < 1.29 is 19.9 Å². The summed E-state index contributed by atoms with van der Waals surface area (Å²) in [5.74, 6) is 0. The van der Waals surface area contributed by atoms with Crippen molar-refractivity contribution >= 4 is 51.9 Å². The Kier molecular flexibility index (Phi) is 5.46. The summed E-state index contributed by atoms with van der Waals surface area (Å²) in [6, 6.07) is 1.07. The second-order valence-corrected chi connectivity index (χ2v) is 6.36. The van der Waals surface area contributed by atoms with Crippen LogP contribution in [0.4, 0.5) is 17.1 Å². The number of hydrogen-bond acceptors (Lipinski definition) is 7. The summed E-state index contributed by atoms with van der Waals surface area (Å²) in [6.45, 7) is 0. The number of rotatable bonds is 5. The number of non-ortho nitro benzene ring substituents is 1. The maximum Gasteiger partial charge on any atom is 0.286 e. The van der Waals surface area contributed by atoms with Gasteiger partial charge < -0.3 is 5.11 Å². The van der Waals surface area contributed by atoms with Gasteiger partial charge in [-0.15, -0.1) is 0 Å². The Morgan fingerprint density at radius 2 is 1.41 bits per heavy atom. The summed E-state index contributed by atoms with van der Waals surface area (Å²) < 4.78 is -2.25. The third-order valence-corrected chi connectivity index (χ3v) is 3.32. The Bertz CT molecular complexity index is 611. The van der Waals surface area contributed by atoms with Crippen molar-refractivity contribution in [2.45, 2.75) is 16.3 Å². The molecule has 0 amide bonds. The van der Waals surface area contributed by atoms with Crippen LogP contribution in [0.25, 0.3) is 0 Å². The molecule has 0 saturated carbocycles. The largest absolute Gasteiger partial charge is 0.388 e. The molecule has 0 aliphatic carbocycles. The third kappa shape index (κ3) is 4.13. The number of nitro benzene ring substituents is 3. The number of benzene rings is 1. The Morgan fingerprint density at radius 3 is 1.68 bits per heavy atom. The van der Waals surface area contributed by atoms with Gasteiger partial charge in [0.05, 0.1) is 26.9 Å². The van der Waals surface area contributed by atoms with Crippen LogP contribution in [0.2, 0.25) is 0 Å². The second kappa shape index (κ2) is 6.57. The molecule has 1 N–H and O–H groups in total. The molecule has 22 heavy (non-hydrogen) atoms. The predicted molar refractivity (Wildman–Crippen MR) is 76.4 cm³/mol. The number of aliphatic hydroxyl groups is 1. The molecule has 13 heteroatoms. The number of alkyl halides is 3. The fourth-order valence-corrected chi connectivity index (χ4v) is 1.81. The van der Waals surface area contributed by atoms with Gasteiger partial charge in [-0.2, -0.15) is 0 Å². The molecule has 0 radical (unpaired) electrons. The van der Waals surface area contributed by atoms with E-state index in [2.05, 4.69) is 0 Å². The maximum absolute atomic E-state index is 11.0. The Balaban J connectivity index is 3.55. The molecule has 1 rings (SSSR count). The summed E-state index contributed by atoms with van der Waals surface area (Å²) in [5.41, 5.74) is -3.27. The monoisotopic (exact) mass is 373 g/mol. The van der Waals surface area contributed by atoms with Crippen LogP contribution >= 0.6 is 34.8 Å². The first-order chi connectivity index (χ1) is 9.95. The van der Waals surface area contributed by atoms with Gasteiger partial charge in [-0.1, -0.05) is 34.8 Å². The molecule has 0 aliphatic heterocycles. The van der Waals surface area contributed by atoms with Gasteiger partial charge in [0, 0.05) is 6.42 Å². The second-order valence-electron chi connectivity index (χ2n) is 4.00. The van der Waals surface area contributed by atoms with Gasteiger partial charge in [0.1, 0.15) is 11.7 Å². The molecule has 0 bridgehead atoms. The third-order valence-electron chi connectivity index (χ3n) is 2.57. The summed E-state index contributed by atoms with van der Waals surface area (Å²) in [4.78, 5) is 29.5. The van der Waals surface area contributed by atoms with Crippen molar-refractivity contribution in [3.05, 3.63) is 48.0 Å². The smallest absolute Gasteiger partial charge is 0.286 e. The van der Waals surface area contributed by atoms with Crippen molar-refractivity contribution in [3.8, 4) is 0 Å². The first kappa shape index (κ1) is 18.3. The molecule has 0 saturated heterocycles. The normalized spacial score (nSPS) is 12.7. The molecule has 0 aromatic heterocycles. The van der Waals surface area contributed by atoms with Crippen LogP contribution in [0, 0.1) is 30.3 Å². The molecular weight excluding hydrogens is 368 g/mol. The average molecular weight is 375 g/mol. The minimum atomic E-state index is -2.25. The predicted octanol–water partition coefficient (Wildman–Crippen LogP) is 2.68. The highest BCUT2D eigenvalue weighted by atomic mass is 35.6. The van der Waals surface area contributed by atoms with Crippen molar-refractivity contribution in [1.82, 2.24) is 0 Å². The van der Waals surface area contributed by atoms with Crippen LogP contribution in [-0.4, -0.2) is 29.8 Å². The van der Waals surface area contributed by atoms with Crippen molar-refractivity contribution in [3.63, 3.8) is 0 Å². The molecule has 1 aromatic carbocycles. The van der Waals surface area contributed by atoms with E-state index in [-0.39, 0.29) is 0 Å². The lowest BCUT2D eigenvalue weighted by atomic mass is 10.0. The number of nitro groups is 3. The van der Waals surface area contributed by atoms with E-state index in [0.717, 1.165) is 0 Å². The van der Waals surface area contributed by atoms with E-state index in [9.17, 15) is 35.4 Å². The number of hydrogen-bond donors (Lipinski definition) is 1. The van der Waals surface area contributed by atoms with E-state index < -0.39 is 53.7 Å². The molecule has 1 unspecified atom stereocenters. The quantitative estimate of drug-likeness (QED) is 0.472. The zero-order valence-corrected chi connectivity index (χ0v) is 12.6. The minimum absolute atomic E-state index is 0.535. The van der Waals surface area contributed by atoms with Crippen LogP contribution in [-0.2, 0) is 6.42 Å². The standard InChI is InChI=1S/C9H6Cl3N3O7/c10-9(11,12)8(16)3-5-6(14(19)20)1-4(13(17)18)2-7(5)15(21)22/h1-2,8,16H,3H2. The van der Waals surface area contributed by atoms with Gasteiger partial charge in [-0.25, -0.2) is 0 Å². The number of aliphatic hydroxyl groups excluding tert-OH is 1. The van der Waals surface area contributed by atoms with E-state index in [1.54, 1.807) is 0 Å². The van der Waals surface area contributed by atoms with Crippen molar-refractivity contribution in [2.75, 3.05) is 0 Å². The number of nitrogens with zero attached hydrogens (tertiary/aromatic N) is 3. The van der Waals surface area contributed by atoms with E-state index in [1.807, 2.05) is 0 Å². The van der Waals surface area contributed by atoms with Crippen LogP contribution in [0.5, 0.6) is 0 Å². The van der Waals surface area contributed by atoms with Gasteiger partial charge in [0.15, 0.2) is 0 Å². The van der Waals surface area contributed by atoms with Gasteiger partial charge in [-0.05, 0) is 0 Å². The summed E-state index contributed by atoms with van der Waals surface area (Å²) >= 11 is 16.2. The molecule has 0 fully saturated rings. The minimum Gasteiger partial charge on any atom is -0.388 e. The van der Waals surface area contributed by atoms with Crippen molar-refractivity contribution in [2.24, 2.45) is 0 Å². The van der Waals surface area contributed by atoms with Gasteiger partial charge in [-0.3, -0.25) is 30.3 Å². The highest BCUT2D eigenvalue weighted by molar-refractivity contribution is 6.68. The highest BCUT2D eigenvalue weighted by Crippen LogP contribution is 2.38. The zero-order chi connectivity index (χ0) is 17.2. The molecule has 1 aromatic rings. The Morgan fingerprint density at radius 1 is 1.00 bits per heavy atom. The zero-order valence-electron chi connectivity index (χ0n) is 10.3. The van der Waals surface area contributed by atoms with E-state index >= 15 is 0 Å². The van der Waals surface area contributed by atoms with Crippen LogP contribution < -0.4 is 0 Å². The topological polar surface area (TPSA) is 150 Å². The molecule has 1 atom stereocenters. The Labute approximate surface area is 136 Å². The molecule has 10 nitrogen and oxygen atoms in total. The maximum atomic E-state index is 11.0. The lowest BCUT2D eigenvalue weighted by Gasteiger charge is -2.18. The first-order valence-corrected chi connectivity index (χ1v) is 6.43. The molecule has 0 heterocycles. The molecule has 120 valence electrons. The summed E-state index contributed by atoms with van der Waals surface area (Å²) in [6.07, 6.45) is -2.54. The van der Waals surface area contributed by atoms with Crippen LogP contribution in [0.3, 0.4) is 0 Å². The van der Waals surface area contributed by atoms with Crippen molar-refractivity contribution in [1.29, 1.82) is 0 Å². The molecule has 0 spiro atoms. The lowest BCUT2D eigenvalue weighted by Crippen LogP contribution is -2.28. The first-order valence-electron chi connectivity index (χ1n) is 5.30. The Hall–Kier alpha value is -1.75. The lowest BCUT2D eigenvalue weighted by molar-refractivity contribution is -0.404. The van der Waals surface area contributed by atoms with E-state index in [4.69, 9.17) is 34.8 Å². The van der Waals surface area contributed by atoms with E-state index in [0.29, 0.717) is 12.1 Å². The van der Waals surface area contributed by atoms with Crippen LogP contribution in [0.1, 0.15) is 5.56 Å². The van der Waals surface area contributed by atoms with Crippen LogP contribution in [0.15, 0.2) is 12.1 Å². The highest BCUT2D eigenvalue weighted by Gasteiger charge is 2.37. The van der Waals surface area contributed by atoms with E-state index in [1.165, 1.54) is 0 Å². The average Bonchev–Trinajstić information content (AvgIpc) is 2.36. The van der Waals surface area contributed by atoms with Gasteiger partial charge in [0.2, 0.25) is 3.79 Å². The fraction of sp³-hybridized carbons (Fsp3) is 0.333.